The van der Waals surface area contributed by atoms with Crippen LogP contribution in [0.15, 0.2) is 52.6 Å². The molecule has 2 N–H and O–H groups in total. The Labute approximate surface area is 121 Å². The first-order valence-electron chi connectivity index (χ1n) is 6.29. The van der Waals surface area contributed by atoms with Crippen molar-refractivity contribution in [3.8, 4) is 0 Å². The molecule has 0 bridgehead atoms. The van der Waals surface area contributed by atoms with Crippen molar-refractivity contribution in [1.82, 2.24) is 0 Å². The minimum Gasteiger partial charge on any atom is -0.387 e. The first-order valence-corrected chi connectivity index (χ1v) is 7.08. The molecule has 2 aromatic rings. The van der Waals surface area contributed by atoms with Crippen LogP contribution in [0.2, 0.25) is 0 Å². The van der Waals surface area contributed by atoms with Crippen LogP contribution < -0.4 is 10.6 Å². The van der Waals surface area contributed by atoms with E-state index in [2.05, 4.69) is 75.1 Å². The fourth-order valence-corrected chi connectivity index (χ4v) is 2.93. The number of rotatable bonds is 2. The molecular weight excluding hydrogens is 300 g/mol. The topological polar surface area (TPSA) is 24.1 Å². The van der Waals surface area contributed by atoms with Crippen molar-refractivity contribution in [2.24, 2.45) is 0 Å². The zero-order valence-corrected chi connectivity index (χ0v) is 12.3. The molecule has 19 heavy (non-hydrogen) atoms. The molecular formula is C16H15BrN2. The smallest absolute Gasteiger partial charge is 0.0482 e. The molecule has 2 aromatic carbocycles. The van der Waals surface area contributed by atoms with Crippen LogP contribution in [-0.2, 0) is 6.42 Å². The molecule has 0 amide bonds. The molecule has 0 saturated heterocycles. The van der Waals surface area contributed by atoms with E-state index in [0.29, 0.717) is 0 Å². The van der Waals surface area contributed by atoms with Gasteiger partial charge in [0.1, 0.15) is 0 Å². The Morgan fingerprint density at radius 1 is 1.21 bits per heavy atom. The van der Waals surface area contributed by atoms with Crippen LogP contribution in [-0.4, -0.2) is 7.05 Å². The Hall–Kier alpha value is -1.74. The maximum absolute atomic E-state index is 3.57. The normalized spacial score (nSPS) is 15.2. The second kappa shape index (κ2) is 5.10. The lowest BCUT2D eigenvalue weighted by Crippen LogP contribution is -1.92. The molecule has 3 heteroatoms. The predicted molar refractivity (Wildman–Crippen MR) is 85.4 cm³/mol. The molecule has 0 radical (unpaired) electrons. The lowest BCUT2D eigenvalue weighted by atomic mass is 10.1. The molecule has 3 rings (SSSR count). The van der Waals surface area contributed by atoms with Gasteiger partial charge in [0, 0.05) is 35.0 Å². The number of nitrogens with one attached hydrogen (secondary N) is 2. The van der Waals surface area contributed by atoms with E-state index in [1.807, 2.05) is 7.05 Å². The van der Waals surface area contributed by atoms with E-state index in [-0.39, 0.29) is 0 Å². The van der Waals surface area contributed by atoms with Crippen molar-refractivity contribution in [2.45, 2.75) is 6.42 Å². The molecule has 0 aromatic heterocycles. The zero-order valence-electron chi connectivity index (χ0n) is 10.7. The van der Waals surface area contributed by atoms with E-state index in [1.54, 1.807) is 0 Å². The molecule has 96 valence electrons. The summed E-state index contributed by atoms with van der Waals surface area (Å²) in [5, 5.41) is 6.61. The fourth-order valence-electron chi connectivity index (χ4n) is 2.33. The van der Waals surface area contributed by atoms with Gasteiger partial charge in [0.05, 0.1) is 0 Å². The Morgan fingerprint density at radius 3 is 2.79 bits per heavy atom. The Balaban J connectivity index is 1.86. The second-order valence-electron chi connectivity index (χ2n) is 4.62. The van der Waals surface area contributed by atoms with Crippen LogP contribution in [0.3, 0.4) is 0 Å². The summed E-state index contributed by atoms with van der Waals surface area (Å²) < 4.78 is 1.08. The Kier molecular flexibility index (Phi) is 3.30. The van der Waals surface area contributed by atoms with E-state index in [0.717, 1.165) is 16.6 Å². The number of para-hydroxylation sites is 1. The molecule has 1 aliphatic rings. The molecule has 0 unspecified atom stereocenters. The summed E-state index contributed by atoms with van der Waals surface area (Å²) in [4.78, 5) is 0. The van der Waals surface area contributed by atoms with Gasteiger partial charge in [-0.1, -0.05) is 24.3 Å². The molecule has 0 fully saturated rings. The van der Waals surface area contributed by atoms with Gasteiger partial charge in [-0.2, -0.15) is 0 Å². The number of allylic oxidation sites excluding steroid dienone is 1. The lowest BCUT2D eigenvalue weighted by Gasteiger charge is -2.05. The average molecular weight is 315 g/mol. The van der Waals surface area contributed by atoms with Crippen molar-refractivity contribution >= 4 is 33.4 Å². The highest BCUT2D eigenvalue weighted by atomic mass is 79.9. The summed E-state index contributed by atoms with van der Waals surface area (Å²) in [6.45, 7) is 0. The first-order chi connectivity index (χ1) is 9.26. The van der Waals surface area contributed by atoms with Crippen LogP contribution in [0.1, 0.15) is 11.1 Å². The van der Waals surface area contributed by atoms with Crippen LogP contribution in [0.25, 0.3) is 6.08 Å². The molecule has 0 atom stereocenters. The van der Waals surface area contributed by atoms with Gasteiger partial charge < -0.3 is 10.6 Å². The number of hydrogen-bond donors (Lipinski definition) is 2. The molecule has 0 aliphatic carbocycles. The maximum Gasteiger partial charge on any atom is 0.0482 e. The first kappa shape index (κ1) is 12.3. The lowest BCUT2D eigenvalue weighted by molar-refractivity contribution is 1.26. The zero-order chi connectivity index (χ0) is 13.2. The van der Waals surface area contributed by atoms with Crippen molar-refractivity contribution in [3.05, 3.63) is 63.8 Å². The van der Waals surface area contributed by atoms with Gasteiger partial charge in [-0.25, -0.2) is 0 Å². The van der Waals surface area contributed by atoms with Crippen LogP contribution in [0.4, 0.5) is 11.4 Å². The van der Waals surface area contributed by atoms with Gasteiger partial charge in [0.25, 0.3) is 0 Å². The minimum absolute atomic E-state index is 0.974. The maximum atomic E-state index is 3.57. The summed E-state index contributed by atoms with van der Waals surface area (Å²) in [5.41, 5.74) is 6.12. The third-order valence-electron chi connectivity index (χ3n) is 3.30. The summed E-state index contributed by atoms with van der Waals surface area (Å²) in [6, 6.07) is 14.8. The largest absolute Gasteiger partial charge is 0.387 e. The number of benzene rings is 2. The Bertz CT molecular complexity index is 620. The van der Waals surface area contributed by atoms with Crippen molar-refractivity contribution in [2.75, 3.05) is 17.7 Å². The van der Waals surface area contributed by atoms with E-state index < -0.39 is 0 Å². The monoisotopic (exact) mass is 314 g/mol. The number of hydrogen-bond acceptors (Lipinski definition) is 2. The highest BCUT2D eigenvalue weighted by Gasteiger charge is 2.13. The van der Waals surface area contributed by atoms with Gasteiger partial charge >= 0.3 is 0 Å². The molecule has 2 nitrogen and oxygen atoms in total. The second-order valence-corrected chi connectivity index (χ2v) is 5.47. The molecule has 0 saturated carbocycles. The van der Waals surface area contributed by atoms with Gasteiger partial charge in [0.15, 0.2) is 0 Å². The van der Waals surface area contributed by atoms with E-state index in [4.69, 9.17) is 0 Å². The standard InChI is InChI=1S/C16H15BrN2/c1-18-16-7-6-11(9-14(16)17)8-13-10-12-4-2-3-5-15(12)19-13/h2-9,18-19H,10H2,1H3/b13-8+. The number of halogens is 1. The van der Waals surface area contributed by atoms with Gasteiger partial charge in [0.2, 0.25) is 0 Å². The number of anilines is 2. The quantitative estimate of drug-likeness (QED) is 0.852. The predicted octanol–water partition coefficient (Wildman–Crippen LogP) is 4.50. The fraction of sp³-hybridized carbons (Fsp3) is 0.125. The SMILES string of the molecule is CNc1ccc(/C=C2\Cc3ccccc3N2)cc1Br. The van der Waals surface area contributed by atoms with Gasteiger partial charge in [-0.3, -0.25) is 0 Å². The average Bonchev–Trinajstić information content (AvgIpc) is 2.81. The summed E-state index contributed by atoms with van der Waals surface area (Å²) in [7, 11) is 1.92. The minimum atomic E-state index is 0.974. The highest BCUT2D eigenvalue weighted by molar-refractivity contribution is 9.10. The molecule has 1 heterocycles. The summed E-state index contributed by atoms with van der Waals surface area (Å²) >= 11 is 3.57. The Morgan fingerprint density at radius 2 is 2.05 bits per heavy atom. The van der Waals surface area contributed by atoms with Gasteiger partial charge in [-0.15, -0.1) is 0 Å². The molecule has 1 aliphatic heterocycles. The summed E-state index contributed by atoms with van der Waals surface area (Å²) in [5.74, 6) is 0. The molecule has 0 spiro atoms. The summed E-state index contributed by atoms with van der Waals surface area (Å²) in [6.07, 6.45) is 3.17. The van der Waals surface area contributed by atoms with Gasteiger partial charge in [-0.05, 0) is 51.3 Å². The van der Waals surface area contributed by atoms with Crippen LogP contribution in [0, 0.1) is 0 Å². The van der Waals surface area contributed by atoms with E-state index in [1.165, 1.54) is 22.5 Å². The van der Waals surface area contributed by atoms with E-state index >= 15 is 0 Å². The highest BCUT2D eigenvalue weighted by Crippen LogP contribution is 2.30. The van der Waals surface area contributed by atoms with E-state index in [9.17, 15) is 0 Å². The van der Waals surface area contributed by atoms with Crippen LogP contribution >= 0.6 is 15.9 Å². The van der Waals surface area contributed by atoms with Crippen LogP contribution in [0.5, 0.6) is 0 Å². The third kappa shape index (κ3) is 2.51. The van der Waals surface area contributed by atoms with Crippen molar-refractivity contribution in [3.63, 3.8) is 0 Å². The van der Waals surface area contributed by atoms with Crippen molar-refractivity contribution in [1.29, 1.82) is 0 Å². The van der Waals surface area contributed by atoms with Crippen molar-refractivity contribution < 1.29 is 0 Å². The number of fused-ring (bicyclic) bond motifs is 1. The third-order valence-corrected chi connectivity index (χ3v) is 3.95.